The predicted octanol–water partition coefficient (Wildman–Crippen LogP) is 3.21. The van der Waals surface area contributed by atoms with Crippen molar-refractivity contribution in [2.45, 2.75) is 39.5 Å². The van der Waals surface area contributed by atoms with Crippen molar-refractivity contribution in [2.75, 3.05) is 0 Å². The monoisotopic (exact) mass is 293 g/mol. The second-order valence-electron chi connectivity index (χ2n) is 6.80. The molecule has 22 heavy (non-hydrogen) atoms. The Morgan fingerprint density at radius 3 is 2.77 bits per heavy atom. The summed E-state index contributed by atoms with van der Waals surface area (Å²) in [5, 5.41) is 12.9. The van der Waals surface area contributed by atoms with E-state index in [-0.39, 0.29) is 17.1 Å². The number of dihydropyridines is 1. The van der Waals surface area contributed by atoms with Crippen LogP contribution in [-0.4, -0.2) is 10.8 Å². The molecule has 0 spiro atoms. The lowest BCUT2D eigenvalue weighted by Crippen LogP contribution is -2.37. The van der Waals surface area contributed by atoms with Crippen LogP contribution in [0.3, 0.4) is 0 Å². The van der Waals surface area contributed by atoms with Crippen LogP contribution in [0.4, 0.5) is 0 Å². The zero-order chi connectivity index (χ0) is 15.9. The Hall–Kier alpha value is -2.41. The smallest absolute Gasteiger partial charge is 0.162 e. The van der Waals surface area contributed by atoms with Gasteiger partial charge in [-0.3, -0.25) is 9.78 Å². The molecule has 4 heteroatoms. The molecule has 1 aromatic rings. The number of carbonyl (C=O) groups excluding carboxylic acids is 1. The number of nitriles is 1. The molecule has 2 heterocycles. The highest BCUT2D eigenvalue weighted by Crippen LogP contribution is 2.45. The van der Waals surface area contributed by atoms with E-state index in [4.69, 9.17) is 0 Å². The molecule has 0 fully saturated rings. The summed E-state index contributed by atoms with van der Waals surface area (Å²) < 4.78 is 0. The van der Waals surface area contributed by atoms with E-state index in [1.807, 2.05) is 25.1 Å². The number of carbonyl (C=O) groups is 1. The lowest BCUT2D eigenvalue weighted by molar-refractivity contribution is -0.118. The zero-order valence-electron chi connectivity index (χ0n) is 13.1. The molecule has 2 aliphatic rings. The summed E-state index contributed by atoms with van der Waals surface area (Å²) in [7, 11) is 0. The normalized spacial score (nSPS) is 23.7. The Kier molecular flexibility index (Phi) is 3.37. The molecular formula is C18H19N3O. The molecule has 0 saturated carbocycles. The SMILES string of the molecule is CC1=C(C#N)C(c2ccccn2)C2=C(CC(C)(C)CC2=O)N1. The summed E-state index contributed by atoms with van der Waals surface area (Å²) in [6.45, 7) is 6.10. The standard InChI is InChI=1S/C18H19N3O/c1-11-12(10-19)16(13-6-4-5-7-20-13)17-14(21-11)8-18(2,3)9-15(17)22/h4-7,16,21H,8-9H2,1-3H3. The summed E-state index contributed by atoms with van der Waals surface area (Å²) in [5.41, 5.74) is 3.80. The topological polar surface area (TPSA) is 65.8 Å². The Morgan fingerprint density at radius 1 is 1.36 bits per heavy atom. The van der Waals surface area contributed by atoms with Gasteiger partial charge in [0, 0.05) is 29.6 Å². The van der Waals surface area contributed by atoms with Crippen LogP contribution in [0.25, 0.3) is 0 Å². The third-order valence-corrected chi connectivity index (χ3v) is 4.34. The lowest BCUT2D eigenvalue weighted by Gasteiger charge is -2.38. The number of hydrogen-bond donors (Lipinski definition) is 1. The largest absolute Gasteiger partial charge is 0.361 e. The molecule has 1 aromatic heterocycles. The summed E-state index contributed by atoms with van der Waals surface area (Å²) in [5.74, 6) is -0.222. The number of nitrogens with one attached hydrogen (secondary N) is 1. The van der Waals surface area contributed by atoms with E-state index in [9.17, 15) is 10.1 Å². The van der Waals surface area contributed by atoms with Crippen LogP contribution in [0, 0.1) is 16.7 Å². The zero-order valence-corrected chi connectivity index (χ0v) is 13.1. The average molecular weight is 293 g/mol. The van der Waals surface area contributed by atoms with Crippen molar-refractivity contribution in [3.05, 3.63) is 52.6 Å². The second kappa shape index (κ2) is 5.10. The molecule has 0 saturated heterocycles. The van der Waals surface area contributed by atoms with Crippen LogP contribution in [0.5, 0.6) is 0 Å². The van der Waals surface area contributed by atoms with Gasteiger partial charge in [-0.25, -0.2) is 0 Å². The number of ketones is 1. The van der Waals surface area contributed by atoms with E-state index >= 15 is 0 Å². The number of allylic oxidation sites excluding steroid dienone is 4. The van der Waals surface area contributed by atoms with Crippen molar-refractivity contribution >= 4 is 5.78 Å². The first-order valence-electron chi connectivity index (χ1n) is 7.48. The van der Waals surface area contributed by atoms with Gasteiger partial charge in [-0.15, -0.1) is 0 Å². The molecule has 0 amide bonds. The van der Waals surface area contributed by atoms with Crippen LogP contribution in [0.2, 0.25) is 0 Å². The first-order valence-corrected chi connectivity index (χ1v) is 7.48. The quantitative estimate of drug-likeness (QED) is 0.863. The maximum absolute atomic E-state index is 12.7. The average Bonchev–Trinajstić information content (AvgIpc) is 2.45. The molecule has 0 aromatic carbocycles. The van der Waals surface area contributed by atoms with Gasteiger partial charge >= 0.3 is 0 Å². The van der Waals surface area contributed by atoms with Crippen molar-refractivity contribution in [3.63, 3.8) is 0 Å². The van der Waals surface area contributed by atoms with Crippen LogP contribution in [0.15, 0.2) is 46.9 Å². The minimum absolute atomic E-state index is 0.0536. The van der Waals surface area contributed by atoms with Crippen LogP contribution < -0.4 is 5.32 Å². The van der Waals surface area contributed by atoms with Crippen molar-refractivity contribution in [1.29, 1.82) is 5.26 Å². The van der Waals surface area contributed by atoms with Crippen molar-refractivity contribution < 1.29 is 4.79 Å². The van der Waals surface area contributed by atoms with Crippen molar-refractivity contribution in [3.8, 4) is 6.07 Å². The lowest BCUT2D eigenvalue weighted by atomic mass is 9.69. The number of pyridine rings is 1. The first-order chi connectivity index (χ1) is 10.4. The second-order valence-corrected chi connectivity index (χ2v) is 6.80. The van der Waals surface area contributed by atoms with Gasteiger partial charge in [0.15, 0.2) is 5.78 Å². The third-order valence-electron chi connectivity index (χ3n) is 4.34. The summed E-state index contributed by atoms with van der Waals surface area (Å²) in [6.07, 6.45) is 3.03. The van der Waals surface area contributed by atoms with Gasteiger partial charge in [-0.1, -0.05) is 19.9 Å². The molecular weight excluding hydrogens is 274 g/mol. The van der Waals surface area contributed by atoms with E-state index in [0.29, 0.717) is 12.0 Å². The van der Waals surface area contributed by atoms with Gasteiger partial charge in [0.2, 0.25) is 0 Å². The predicted molar refractivity (Wildman–Crippen MR) is 83.5 cm³/mol. The molecule has 112 valence electrons. The molecule has 0 bridgehead atoms. The Balaban J connectivity index is 2.18. The summed E-state index contributed by atoms with van der Waals surface area (Å²) in [6, 6.07) is 7.89. The summed E-state index contributed by atoms with van der Waals surface area (Å²) >= 11 is 0. The minimum Gasteiger partial charge on any atom is -0.361 e. The Morgan fingerprint density at radius 2 is 2.14 bits per heavy atom. The molecule has 3 rings (SSSR count). The number of nitrogens with zero attached hydrogens (tertiary/aromatic N) is 2. The van der Waals surface area contributed by atoms with Gasteiger partial charge in [-0.05, 0) is 30.9 Å². The summed E-state index contributed by atoms with van der Waals surface area (Å²) in [4.78, 5) is 17.1. The van der Waals surface area contributed by atoms with Crippen LogP contribution >= 0.6 is 0 Å². The van der Waals surface area contributed by atoms with Gasteiger partial charge in [0.25, 0.3) is 0 Å². The number of rotatable bonds is 1. The molecule has 1 N–H and O–H groups in total. The van der Waals surface area contributed by atoms with Crippen molar-refractivity contribution in [2.24, 2.45) is 5.41 Å². The fraction of sp³-hybridized carbons (Fsp3) is 0.389. The number of Topliss-reactive ketones (excluding diaryl/α,β-unsaturated/α-hetero) is 1. The third kappa shape index (κ3) is 2.33. The minimum atomic E-state index is -0.342. The van der Waals surface area contributed by atoms with Crippen LogP contribution in [-0.2, 0) is 4.79 Å². The van der Waals surface area contributed by atoms with E-state index in [1.165, 1.54) is 0 Å². The fourth-order valence-corrected chi connectivity index (χ4v) is 3.43. The maximum atomic E-state index is 12.7. The molecule has 1 unspecified atom stereocenters. The molecule has 0 radical (unpaired) electrons. The maximum Gasteiger partial charge on any atom is 0.162 e. The van der Waals surface area contributed by atoms with Gasteiger partial charge < -0.3 is 5.32 Å². The van der Waals surface area contributed by atoms with Crippen LogP contribution in [0.1, 0.15) is 45.2 Å². The molecule has 4 nitrogen and oxygen atoms in total. The Labute approximate surface area is 130 Å². The molecule has 1 aliphatic heterocycles. The highest BCUT2D eigenvalue weighted by molar-refractivity contribution is 6.00. The van der Waals surface area contributed by atoms with Gasteiger partial charge in [0.1, 0.15) is 0 Å². The van der Waals surface area contributed by atoms with Crippen molar-refractivity contribution in [1.82, 2.24) is 10.3 Å². The fourth-order valence-electron chi connectivity index (χ4n) is 3.43. The van der Waals surface area contributed by atoms with Gasteiger partial charge in [0.05, 0.1) is 23.3 Å². The number of hydrogen-bond acceptors (Lipinski definition) is 4. The Bertz CT molecular complexity index is 735. The van der Waals surface area contributed by atoms with E-state index in [2.05, 4.69) is 30.2 Å². The van der Waals surface area contributed by atoms with E-state index in [1.54, 1.807) is 6.20 Å². The first kappa shape index (κ1) is 14.5. The van der Waals surface area contributed by atoms with E-state index < -0.39 is 0 Å². The van der Waals surface area contributed by atoms with Gasteiger partial charge in [-0.2, -0.15) is 5.26 Å². The van der Waals surface area contributed by atoms with E-state index in [0.717, 1.165) is 29.1 Å². The molecule has 1 aliphatic carbocycles. The molecule has 1 atom stereocenters. The highest BCUT2D eigenvalue weighted by Gasteiger charge is 2.41. The number of aromatic nitrogens is 1. The highest BCUT2D eigenvalue weighted by atomic mass is 16.1.